The Hall–Kier alpha value is -2.35. The van der Waals surface area contributed by atoms with Crippen LogP contribution in [-0.2, 0) is 9.59 Å². The zero-order chi connectivity index (χ0) is 20.8. The average molecular weight is 414 g/mol. The van der Waals surface area contributed by atoms with Crippen molar-refractivity contribution >= 4 is 29.4 Å². The number of hydrogen-bond acceptors (Lipinski definition) is 4. The summed E-state index contributed by atoms with van der Waals surface area (Å²) in [6.07, 6.45) is 1.41. The Kier molecular flexibility index (Phi) is 7.62. The summed E-state index contributed by atoms with van der Waals surface area (Å²) in [5, 5.41) is 4.66. The summed E-state index contributed by atoms with van der Waals surface area (Å²) in [7, 11) is 1.49. The molecule has 2 N–H and O–H groups in total. The molecule has 1 heterocycles. The van der Waals surface area contributed by atoms with Gasteiger partial charge in [0.15, 0.2) is 0 Å². The topological polar surface area (TPSA) is 87.7 Å². The van der Waals surface area contributed by atoms with E-state index in [1.165, 1.54) is 20.1 Å². The number of amides is 4. The second kappa shape index (κ2) is 9.73. The van der Waals surface area contributed by atoms with Crippen molar-refractivity contribution in [3.05, 3.63) is 28.5 Å². The molecule has 1 aromatic rings. The van der Waals surface area contributed by atoms with Gasteiger partial charge in [-0.2, -0.15) is 0 Å². The minimum Gasteiger partial charge on any atom is -0.496 e. The Bertz CT molecular complexity index is 751. The molecule has 1 aromatic carbocycles. The number of hydrogen-bond donors (Lipinski definition) is 2. The first-order chi connectivity index (χ1) is 13.2. The maximum absolute atomic E-state index is 13.7. The van der Waals surface area contributed by atoms with Crippen LogP contribution < -0.4 is 15.4 Å². The molecule has 0 bridgehead atoms. The molecular weight excluding hydrogens is 389 g/mol. The Morgan fingerprint density at radius 2 is 1.96 bits per heavy atom. The highest BCUT2D eigenvalue weighted by molar-refractivity contribution is 6.30. The number of nitrogens with one attached hydrogen (secondary N) is 2. The van der Waals surface area contributed by atoms with Gasteiger partial charge in [0.2, 0.25) is 11.8 Å². The second-order valence-electron chi connectivity index (χ2n) is 6.90. The summed E-state index contributed by atoms with van der Waals surface area (Å²) in [5.41, 5.74) is 0.844. The lowest BCUT2D eigenvalue weighted by Crippen LogP contribution is -2.46. The van der Waals surface area contributed by atoms with Gasteiger partial charge in [0.1, 0.15) is 11.6 Å². The SMILES string of the molecule is COc1cc(F)c(Cl)cc1C1CCN(C(=O)[C@@H](C)CNC(=O)NC(C)=O)CC1. The van der Waals surface area contributed by atoms with Crippen LogP contribution in [0.15, 0.2) is 12.1 Å². The molecule has 2 rings (SSSR count). The van der Waals surface area contributed by atoms with E-state index < -0.39 is 23.7 Å². The predicted octanol–water partition coefficient (Wildman–Crippen LogP) is 2.68. The first-order valence-corrected chi connectivity index (χ1v) is 9.47. The summed E-state index contributed by atoms with van der Waals surface area (Å²) < 4.78 is 18.9. The fourth-order valence-corrected chi connectivity index (χ4v) is 3.47. The first-order valence-electron chi connectivity index (χ1n) is 9.10. The van der Waals surface area contributed by atoms with Crippen molar-refractivity contribution in [2.45, 2.75) is 32.6 Å². The fourth-order valence-electron chi connectivity index (χ4n) is 3.30. The van der Waals surface area contributed by atoms with Gasteiger partial charge in [-0.1, -0.05) is 18.5 Å². The van der Waals surface area contributed by atoms with Crippen LogP contribution in [0.4, 0.5) is 9.18 Å². The van der Waals surface area contributed by atoms with Gasteiger partial charge in [0.25, 0.3) is 0 Å². The summed E-state index contributed by atoms with van der Waals surface area (Å²) in [5.74, 6) is -0.887. The van der Waals surface area contributed by atoms with Crippen molar-refractivity contribution in [2.24, 2.45) is 5.92 Å². The van der Waals surface area contributed by atoms with Crippen molar-refractivity contribution in [1.82, 2.24) is 15.5 Å². The summed E-state index contributed by atoms with van der Waals surface area (Å²) in [6, 6.07) is 2.26. The van der Waals surface area contributed by atoms with Crippen molar-refractivity contribution in [3.8, 4) is 5.75 Å². The fraction of sp³-hybridized carbons (Fsp3) is 0.526. The highest BCUT2D eigenvalue weighted by atomic mass is 35.5. The van der Waals surface area contributed by atoms with E-state index in [0.717, 1.165) is 5.56 Å². The number of carbonyl (C=O) groups is 3. The second-order valence-corrected chi connectivity index (χ2v) is 7.31. The van der Waals surface area contributed by atoms with E-state index in [1.807, 2.05) is 0 Å². The van der Waals surface area contributed by atoms with Gasteiger partial charge in [0.05, 0.1) is 18.1 Å². The Morgan fingerprint density at radius 3 is 2.54 bits per heavy atom. The molecule has 1 atom stereocenters. The summed E-state index contributed by atoms with van der Waals surface area (Å²) in [4.78, 5) is 36.6. The smallest absolute Gasteiger partial charge is 0.321 e. The molecule has 1 saturated heterocycles. The van der Waals surface area contributed by atoms with E-state index in [4.69, 9.17) is 16.3 Å². The molecular formula is C19H25ClFN3O4. The lowest BCUT2D eigenvalue weighted by molar-refractivity contribution is -0.135. The number of ether oxygens (including phenoxy) is 1. The van der Waals surface area contributed by atoms with Crippen molar-refractivity contribution < 1.29 is 23.5 Å². The molecule has 0 aromatic heterocycles. The summed E-state index contributed by atoms with van der Waals surface area (Å²) in [6.45, 7) is 4.20. The zero-order valence-electron chi connectivity index (χ0n) is 16.2. The third-order valence-electron chi connectivity index (χ3n) is 4.80. The van der Waals surface area contributed by atoms with Gasteiger partial charge in [-0.3, -0.25) is 14.9 Å². The number of carbonyl (C=O) groups excluding carboxylic acids is 3. The van der Waals surface area contributed by atoms with Gasteiger partial charge in [-0.05, 0) is 30.4 Å². The molecule has 4 amide bonds. The number of halogens is 2. The van der Waals surface area contributed by atoms with E-state index in [0.29, 0.717) is 31.7 Å². The van der Waals surface area contributed by atoms with Crippen LogP contribution >= 0.6 is 11.6 Å². The van der Waals surface area contributed by atoms with Gasteiger partial charge in [-0.25, -0.2) is 9.18 Å². The highest BCUT2D eigenvalue weighted by Crippen LogP contribution is 2.37. The van der Waals surface area contributed by atoms with Gasteiger partial charge >= 0.3 is 6.03 Å². The number of rotatable bonds is 5. The van der Waals surface area contributed by atoms with E-state index >= 15 is 0 Å². The summed E-state index contributed by atoms with van der Waals surface area (Å²) >= 11 is 5.92. The Morgan fingerprint density at radius 1 is 1.32 bits per heavy atom. The van der Waals surface area contributed by atoms with Crippen LogP contribution in [0, 0.1) is 11.7 Å². The van der Waals surface area contributed by atoms with Crippen molar-refractivity contribution in [3.63, 3.8) is 0 Å². The molecule has 7 nitrogen and oxygen atoms in total. The standard InChI is InChI=1S/C19H25ClFN3O4/c1-11(10-22-19(27)23-12(2)25)18(26)24-6-4-13(5-7-24)14-8-15(20)16(21)9-17(14)28-3/h8-9,11,13H,4-7,10H2,1-3H3,(H2,22,23,25,27)/t11-/m0/s1. The normalized spacial score (nSPS) is 15.7. The minimum atomic E-state index is -0.619. The largest absolute Gasteiger partial charge is 0.496 e. The van der Waals surface area contributed by atoms with E-state index in [1.54, 1.807) is 17.9 Å². The molecule has 0 saturated carbocycles. The zero-order valence-corrected chi connectivity index (χ0v) is 16.9. The molecule has 1 fully saturated rings. The average Bonchev–Trinajstić information content (AvgIpc) is 2.66. The van der Waals surface area contributed by atoms with Gasteiger partial charge in [0, 0.05) is 32.6 Å². The maximum atomic E-state index is 13.7. The first kappa shape index (κ1) is 21.9. The molecule has 9 heteroatoms. The van der Waals surface area contributed by atoms with Crippen LogP contribution in [0.25, 0.3) is 0 Å². The molecule has 0 spiro atoms. The van der Waals surface area contributed by atoms with Crippen LogP contribution in [0.1, 0.15) is 38.2 Å². The number of nitrogens with zero attached hydrogens (tertiary/aromatic N) is 1. The van der Waals surface area contributed by atoms with Crippen molar-refractivity contribution in [1.29, 1.82) is 0 Å². The van der Waals surface area contributed by atoms with Gasteiger partial charge in [-0.15, -0.1) is 0 Å². The van der Waals surface area contributed by atoms with Crippen LogP contribution in [-0.4, -0.2) is 49.5 Å². The minimum absolute atomic E-state index is 0.0536. The molecule has 1 aliphatic rings. The number of imide groups is 1. The lowest BCUT2D eigenvalue weighted by atomic mass is 9.88. The number of likely N-dealkylation sites (tertiary alicyclic amines) is 1. The number of urea groups is 1. The van der Waals surface area contributed by atoms with Crippen LogP contribution in [0.3, 0.4) is 0 Å². The van der Waals surface area contributed by atoms with Gasteiger partial charge < -0.3 is 15.0 Å². The van der Waals surface area contributed by atoms with E-state index in [9.17, 15) is 18.8 Å². The number of piperidine rings is 1. The lowest BCUT2D eigenvalue weighted by Gasteiger charge is -2.34. The van der Waals surface area contributed by atoms with Crippen LogP contribution in [0.2, 0.25) is 5.02 Å². The third-order valence-corrected chi connectivity index (χ3v) is 5.09. The number of methoxy groups -OCH3 is 1. The monoisotopic (exact) mass is 413 g/mol. The molecule has 1 aliphatic heterocycles. The van der Waals surface area contributed by atoms with E-state index in [-0.39, 0.29) is 23.4 Å². The molecule has 28 heavy (non-hydrogen) atoms. The van der Waals surface area contributed by atoms with Crippen LogP contribution in [0.5, 0.6) is 5.75 Å². The molecule has 0 aliphatic carbocycles. The van der Waals surface area contributed by atoms with E-state index in [2.05, 4.69) is 10.6 Å². The molecule has 0 unspecified atom stereocenters. The Labute approximate surface area is 168 Å². The van der Waals surface area contributed by atoms with Crippen molar-refractivity contribution in [2.75, 3.05) is 26.7 Å². The predicted molar refractivity (Wildman–Crippen MR) is 103 cm³/mol. The molecule has 154 valence electrons. The molecule has 0 radical (unpaired) electrons. The third kappa shape index (κ3) is 5.58. The highest BCUT2D eigenvalue weighted by Gasteiger charge is 2.28. The Balaban J connectivity index is 1.91. The number of benzene rings is 1. The quantitative estimate of drug-likeness (QED) is 0.776. The maximum Gasteiger partial charge on any atom is 0.321 e.